The number of nitrogens with zero attached hydrogens (tertiary/aromatic N) is 4. The highest BCUT2D eigenvalue weighted by molar-refractivity contribution is 7.51. The van der Waals surface area contributed by atoms with Crippen LogP contribution in [0.15, 0.2) is 36.5 Å². The van der Waals surface area contributed by atoms with E-state index in [4.69, 9.17) is 20.9 Å². The largest absolute Gasteiger partial charge is 0.495 e. The molecule has 1 amide bonds. The Hall–Kier alpha value is -3.27. The van der Waals surface area contributed by atoms with E-state index in [-0.39, 0.29) is 10.7 Å². The van der Waals surface area contributed by atoms with Crippen LogP contribution < -0.4 is 24.8 Å². The van der Waals surface area contributed by atoms with E-state index < -0.39 is 20.5 Å². The molecule has 0 spiro atoms. The number of nitrogens with one attached hydrogen (secondary N) is 2. The van der Waals surface area contributed by atoms with Crippen molar-refractivity contribution in [3.63, 3.8) is 0 Å². The van der Waals surface area contributed by atoms with Gasteiger partial charge in [0.1, 0.15) is 16.5 Å². The van der Waals surface area contributed by atoms with E-state index in [1.165, 1.54) is 36.5 Å². The number of methoxy groups -OCH3 is 1. The summed E-state index contributed by atoms with van der Waals surface area (Å²) in [7, 11) is 4.11. The summed E-state index contributed by atoms with van der Waals surface area (Å²) in [4.78, 5) is 23.8. The van der Waals surface area contributed by atoms with Crippen molar-refractivity contribution in [2.75, 3.05) is 56.6 Å². The van der Waals surface area contributed by atoms with Crippen LogP contribution in [0.5, 0.6) is 11.5 Å². The summed E-state index contributed by atoms with van der Waals surface area (Å²) in [6.45, 7) is 5.60. The average Bonchev–Trinajstić information content (AvgIpc) is 2.89. The Morgan fingerprint density at radius 2 is 1.92 bits per heavy atom. The first-order valence-corrected chi connectivity index (χ1v) is 14.6. The number of anilines is 5. The van der Waals surface area contributed by atoms with Crippen molar-refractivity contribution in [1.82, 2.24) is 14.9 Å². The smallest absolute Gasteiger partial charge is 0.316 e. The van der Waals surface area contributed by atoms with Crippen molar-refractivity contribution in [2.45, 2.75) is 19.4 Å². The number of rotatable bonds is 9. The summed E-state index contributed by atoms with van der Waals surface area (Å²) in [5.74, 6) is 0.327. The fourth-order valence-electron chi connectivity index (χ4n) is 4.13. The Morgan fingerprint density at radius 1 is 1.15 bits per heavy atom. The number of carbonyl (C=O) groups excluding carboxylic acids is 1. The van der Waals surface area contributed by atoms with Gasteiger partial charge in [-0.15, -0.1) is 0 Å². The minimum atomic E-state index is -3.12. The molecule has 9 nitrogen and oxygen atoms in total. The normalized spacial score (nSPS) is 13.3. The third-order valence-corrected chi connectivity index (χ3v) is 6.96. The van der Waals surface area contributed by atoms with Crippen molar-refractivity contribution < 1.29 is 22.8 Å². The molecule has 1 aliphatic rings. The molecule has 0 aliphatic carbocycles. The van der Waals surface area contributed by atoms with Crippen molar-refractivity contribution in [3.8, 4) is 11.5 Å². The fraction of sp³-hybridized carbons (Fsp3) is 0.346. The number of amides is 1. The van der Waals surface area contributed by atoms with Crippen LogP contribution in [0.4, 0.5) is 37.6 Å². The Balaban J connectivity index is 1.62. The summed E-state index contributed by atoms with van der Waals surface area (Å²) < 4.78 is 37.5. The number of carbonyl (C=O) groups is 1. The molecule has 1 aliphatic heterocycles. The van der Waals surface area contributed by atoms with Gasteiger partial charge in [-0.1, -0.05) is 11.6 Å². The number of hydrogen-bond donors (Lipinski definition) is 2. The molecular formula is C26H30ClF2N6O3P. The molecule has 1 aromatic heterocycles. The summed E-state index contributed by atoms with van der Waals surface area (Å²) in [6, 6.07) is 8.75. The van der Waals surface area contributed by atoms with Gasteiger partial charge in [0.2, 0.25) is 5.95 Å². The van der Waals surface area contributed by atoms with Crippen molar-refractivity contribution in [1.29, 1.82) is 0 Å². The number of likely N-dealkylation sites (N-methyl/N-ethyl adjacent to an activating group) is 1. The molecule has 0 bridgehead atoms. The molecule has 39 heavy (non-hydrogen) atoms. The van der Waals surface area contributed by atoms with Crippen LogP contribution in [0.25, 0.3) is 0 Å². The highest BCUT2D eigenvalue weighted by Crippen LogP contribution is 2.40. The first-order valence-electron chi connectivity index (χ1n) is 12.1. The lowest BCUT2D eigenvalue weighted by Crippen LogP contribution is -2.31. The maximum atomic E-state index is 13.0. The SMILES string of the molecule is COc1cc2c(cc1Nc1ncc(Cl)c(Nc3ccc(N(C)C(=O)C(F)F)cc3OP(C)C)n1)CN(C)CC2. The lowest BCUT2D eigenvalue weighted by atomic mass is 9.99. The average molecular weight is 579 g/mol. The first kappa shape index (κ1) is 28.7. The van der Waals surface area contributed by atoms with Gasteiger partial charge in [-0.2, -0.15) is 13.8 Å². The second-order valence-electron chi connectivity index (χ2n) is 9.23. The number of hydrogen-bond acceptors (Lipinski definition) is 8. The molecular weight excluding hydrogens is 549 g/mol. The van der Waals surface area contributed by atoms with Crippen molar-refractivity contribution >= 4 is 54.5 Å². The minimum absolute atomic E-state index is 0.259. The zero-order valence-corrected chi connectivity index (χ0v) is 23.9. The number of benzene rings is 2. The van der Waals surface area contributed by atoms with Crippen LogP contribution in [-0.2, 0) is 17.8 Å². The Kier molecular flexibility index (Phi) is 9.04. The maximum Gasteiger partial charge on any atom is 0.316 e. The van der Waals surface area contributed by atoms with Gasteiger partial charge in [-0.05, 0) is 62.2 Å². The molecule has 0 fully saturated rings. The van der Waals surface area contributed by atoms with Gasteiger partial charge >= 0.3 is 6.43 Å². The molecule has 0 unspecified atom stereocenters. The lowest BCUT2D eigenvalue weighted by Gasteiger charge is -2.26. The Morgan fingerprint density at radius 3 is 2.62 bits per heavy atom. The van der Waals surface area contributed by atoms with Crippen molar-refractivity contribution in [2.24, 2.45) is 0 Å². The van der Waals surface area contributed by atoms with Crippen LogP contribution in [0.1, 0.15) is 11.1 Å². The van der Waals surface area contributed by atoms with E-state index in [0.29, 0.717) is 29.0 Å². The van der Waals surface area contributed by atoms with E-state index in [9.17, 15) is 13.6 Å². The minimum Gasteiger partial charge on any atom is -0.495 e. The molecule has 3 aromatic rings. The third-order valence-electron chi connectivity index (χ3n) is 6.12. The zero-order chi connectivity index (χ0) is 28.3. The molecule has 13 heteroatoms. The molecule has 2 N–H and O–H groups in total. The molecule has 4 rings (SSSR count). The number of ether oxygens (including phenoxy) is 1. The molecule has 2 heterocycles. The third kappa shape index (κ3) is 6.84. The van der Waals surface area contributed by atoms with Crippen LogP contribution in [0, 0.1) is 0 Å². The summed E-state index contributed by atoms with van der Waals surface area (Å²) in [6.07, 6.45) is -0.706. The van der Waals surface area contributed by atoms with E-state index in [1.807, 2.05) is 25.5 Å². The van der Waals surface area contributed by atoms with E-state index in [2.05, 4.69) is 32.5 Å². The topological polar surface area (TPSA) is 91.9 Å². The molecule has 0 radical (unpaired) electrons. The number of halogens is 3. The van der Waals surface area contributed by atoms with Gasteiger partial charge in [0.15, 0.2) is 5.82 Å². The number of fused-ring (bicyclic) bond motifs is 1. The zero-order valence-electron chi connectivity index (χ0n) is 22.3. The van der Waals surface area contributed by atoms with Crippen LogP contribution in [0.3, 0.4) is 0 Å². The first-order chi connectivity index (χ1) is 18.5. The second-order valence-corrected chi connectivity index (χ2v) is 11.4. The highest BCUT2D eigenvalue weighted by atomic mass is 35.5. The second kappa shape index (κ2) is 12.3. The van der Waals surface area contributed by atoms with Gasteiger partial charge in [-0.3, -0.25) is 4.79 Å². The molecule has 0 saturated carbocycles. The predicted molar refractivity (Wildman–Crippen MR) is 152 cm³/mol. The molecule has 208 valence electrons. The number of alkyl halides is 2. The number of aromatic nitrogens is 2. The Bertz CT molecular complexity index is 1360. The molecule has 0 atom stereocenters. The van der Waals surface area contributed by atoms with Gasteiger partial charge in [-0.25, -0.2) is 4.98 Å². The lowest BCUT2D eigenvalue weighted by molar-refractivity contribution is -0.128. The quantitative estimate of drug-likeness (QED) is 0.304. The predicted octanol–water partition coefficient (Wildman–Crippen LogP) is 5.88. The molecule has 0 saturated heterocycles. The summed E-state index contributed by atoms with van der Waals surface area (Å²) in [5.41, 5.74) is 3.93. The van der Waals surface area contributed by atoms with E-state index in [1.54, 1.807) is 13.2 Å². The van der Waals surface area contributed by atoms with Gasteiger partial charge < -0.3 is 29.7 Å². The summed E-state index contributed by atoms with van der Waals surface area (Å²) >= 11 is 6.42. The Labute approximate surface area is 232 Å². The maximum absolute atomic E-state index is 13.0. The van der Waals surface area contributed by atoms with Crippen LogP contribution >= 0.6 is 19.7 Å². The van der Waals surface area contributed by atoms with Gasteiger partial charge in [0.25, 0.3) is 5.91 Å². The standard InChI is InChI=1S/C26H30ClF2N6O3P/c1-34-9-8-15-11-21(37-3)20(10-16(15)14-34)32-26-30-13-18(27)24(33-26)31-19-7-6-17(12-22(19)38-39(4)5)35(2)25(36)23(28)29/h6-7,10-13,23H,8-9,14H2,1-5H3,(H2,30,31,32,33). The molecule has 2 aromatic carbocycles. The fourth-order valence-corrected chi connectivity index (χ4v) is 4.81. The monoisotopic (exact) mass is 578 g/mol. The summed E-state index contributed by atoms with van der Waals surface area (Å²) in [5, 5.41) is 6.63. The highest BCUT2D eigenvalue weighted by Gasteiger charge is 2.23. The van der Waals surface area contributed by atoms with Crippen LogP contribution in [-0.4, -0.2) is 68.3 Å². The van der Waals surface area contributed by atoms with E-state index in [0.717, 1.165) is 30.1 Å². The van der Waals surface area contributed by atoms with Crippen molar-refractivity contribution in [3.05, 3.63) is 52.7 Å². The van der Waals surface area contributed by atoms with Gasteiger partial charge in [0.05, 0.1) is 32.8 Å². The van der Waals surface area contributed by atoms with Gasteiger partial charge in [0, 0.05) is 31.9 Å². The van der Waals surface area contributed by atoms with E-state index >= 15 is 0 Å². The van der Waals surface area contributed by atoms with Crippen LogP contribution in [0.2, 0.25) is 5.02 Å².